The molecule has 2 rings (SSSR count). The van der Waals surface area contributed by atoms with Gasteiger partial charge in [-0.2, -0.15) is 4.90 Å². The first-order valence-corrected chi connectivity index (χ1v) is 6.41. The van der Waals surface area contributed by atoms with Crippen LogP contribution in [-0.2, 0) is 10.5 Å². The van der Waals surface area contributed by atoms with Crippen molar-refractivity contribution in [2.75, 3.05) is 13.1 Å². The van der Waals surface area contributed by atoms with Crippen LogP contribution in [0.5, 0.6) is 0 Å². The fourth-order valence-corrected chi connectivity index (χ4v) is 2.71. The van der Waals surface area contributed by atoms with E-state index < -0.39 is 0 Å². The van der Waals surface area contributed by atoms with Crippen LogP contribution in [-0.4, -0.2) is 29.1 Å². The van der Waals surface area contributed by atoms with Crippen molar-refractivity contribution in [1.29, 1.82) is 0 Å². The topological polar surface area (TPSA) is 34.3 Å². The molecule has 1 amide bonds. The first-order valence-electron chi connectivity index (χ1n) is 5.43. The second kappa shape index (κ2) is 5.31. The Hall–Kier alpha value is -1.36. The zero-order valence-electron chi connectivity index (χ0n) is 9.57. The normalized spacial score (nSPS) is 14.9. The maximum absolute atomic E-state index is 12.7. The average Bonchev–Trinajstić information content (AvgIpc) is 2.76. The van der Waals surface area contributed by atoms with Gasteiger partial charge in [0, 0.05) is 12.7 Å². The van der Waals surface area contributed by atoms with E-state index in [0.29, 0.717) is 0 Å². The highest BCUT2D eigenvalue weighted by Crippen LogP contribution is 2.15. The monoisotopic (exact) mass is 253 g/mol. The molecule has 1 aromatic carbocycles. The molecule has 0 saturated heterocycles. The highest BCUT2D eigenvalue weighted by molar-refractivity contribution is 8.12. The minimum absolute atomic E-state index is 0.0524. The van der Waals surface area contributed by atoms with Crippen LogP contribution in [0.25, 0.3) is 0 Å². The van der Waals surface area contributed by atoms with E-state index in [-0.39, 0.29) is 11.7 Å². The number of rotatable bonds is 2. The van der Waals surface area contributed by atoms with Gasteiger partial charge in [-0.15, -0.1) is 0 Å². The molecule has 1 N–H and O–H groups in total. The molecule has 1 aromatic rings. The van der Waals surface area contributed by atoms with E-state index in [4.69, 9.17) is 0 Å². The quantitative estimate of drug-likeness (QED) is 0.825. The molecule has 0 atom stereocenters. The number of amidine groups is 1. The number of halogens is 1. The number of carbonyl (C=O) groups excluding carboxylic acids is 1. The highest BCUT2D eigenvalue weighted by atomic mass is 32.2. The third kappa shape index (κ3) is 3.06. The van der Waals surface area contributed by atoms with E-state index in [1.165, 1.54) is 12.1 Å². The summed E-state index contributed by atoms with van der Waals surface area (Å²) in [7, 11) is 0. The molecule has 1 aliphatic rings. The van der Waals surface area contributed by atoms with Crippen molar-refractivity contribution in [2.24, 2.45) is 0 Å². The fraction of sp³-hybridized carbons (Fsp3) is 0.333. The molecule has 0 aromatic heterocycles. The lowest BCUT2D eigenvalue weighted by molar-refractivity contribution is -0.441. The van der Waals surface area contributed by atoms with Crippen LogP contribution in [0.1, 0.15) is 12.5 Å². The Labute approximate surface area is 104 Å². The van der Waals surface area contributed by atoms with Crippen molar-refractivity contribution < 1.29 is 14.2 Å². The van der Waals surface area contributed by atoms with Gasteiger partial charge in [0.05, 0.1) is 0 Å². The van der Waals surface area contributed by atoms with Crippen LogP contribution in [0.4, 0.5) is 4.39 Å². The Kier molecular flexibility index (Phi) is 3.78. The van der Waals surface area contributed by atoms with E-state index in [0.717, 1.165) is 29.6 Å². The summed E-state index contributed by atoms with van der Waals surface area (Å²) in [4.78, 5) is 16.2. The molecule has 0 fully saturated rings. The maximum atomic E-state index is 12.7. The van der Waals surface area contributed by atoms with Crippen LogP contribution in [0, 0.1) is 5.82 Å². The summed E-state index contributed by atoms with van der Waals surface area (Å²) in [6.07, 6.45) is 0. The second-order valence-corrected chi connectivity index (χ2v) is 4.78. The standard InChI is InChI=1S/C12H13FN2OS/c1-9(16)15-7-6-14-12(15)17-8-10-2-4-11(13)5-3-10/h2-5H,6-8H2,1H3/p+1. The predicted molar refractivity (Wildman–Crippen MR) is 65.9 cm³/mol. The zero-order valence-corrected chi connectivity index (χ0v) is 10.4. The number of hydrogen-bond acceptors (Lipinski definition) is 2. The van der Waals surface area contributed by atoms with Gasteiger partial charge >= 0.3 is 11.1 Å². The Bertz CT molecular complexity index is 444. The van der Waals surface area contributed by atoms with Crippen molar-refractivity contribution in [3.8, 4) is 0 Å². The van der Waals surface area contributed by atoms with E-state index in [1.807, 2.05) is 0 Å². The van der Waals surface area contributed by atoms with Crippen molar-refractivity contribution in [3.05, 3.63) is 35.6 Å². The second-order valence-electron chi connectivity index (χ2n) is 3.82. The summed E-state index contributed by atoms with van der Waals surface area (Å²) in [5, 5.41) is 0.891. The zero-order chi connectivity index (χ0) is 12.3. The van der Waals surface area contributed by atoms with Gasteiger partial charge < -0.3 is 0 Å². The molecule has 0 aliphatic carbocycles. The van der Waals surface area contributed by atoms with E-state index in [9.17, 15) is 9.18 Å². The summed E-state index contributed by atoms with van der Waals surface area (Å²) in [5.41, 5.74) is 1.04. The average molecular weight is 253 g/mol. The molecule has 0 unspecified atom stereocenters. The molecule has 3 nitrogen and oxygen atoms in total. The number of carbonyl (C=O) groups is 1. The maximum Gasteiger partial charge on any atom is 0.314 e. The minimum atomic E-state index is -0.226. The van der Waals surface area contributed by atoms with Crippen LogP contribution < -0.4 is 4.99 Å². The van der Waals surface area contributed by atoms with Crippen molar-refractivity contribution >= 4 is 22.8 Å². The number of benzene rings is 1. The van der Waals surface area contributed by atoms with Gasteiger partial charge in [-0.05, 0) is 29.5 Å². The Balaban J connectivity index is 1.94. The summed E-state index contributed by atoms with van der Waals surface area (Å²) >= 11 is 1.57. The van der Waals surface area contributed by atoms with Gasteiger partial charge in [0.2, 0.25) is 0 Å². The molecule has 1 heterocycles. The Morgan fingerprint density at radius 1 is 1.47 bits per heavy atom. The number of nitrogens with one attached hydrogen (secondary N) is 1. The summed E-state index contributed by atoms with van der Waals surface area (Å²) < 4.78 is 12.7. The highest BCUT2D eigenvalue weighted by Gasteiger charge is 2.29. The van der Waals surface area contributed by atoms with Gasteiger partial charge in [0.1, 0.15) is 18.9 Å². The first kappa shape index (κ1) is 12.1. The largest absolute Gasteiger partial charge is 0.314 e. The van der Waals surface area contributed by atoms with Crippen molar-refractivity contribution in [2.45, 2.75) is 12.7 Å². The lowest BCUT2D eigenvalue weighted by Crippen LogP contribution is -2.69. The molecule has 0 bridgehead atoms. The molecule has 5 heteroatoms. The third-order valence-corrected chi connectivity index (χ3v) is 3.64. The van der Waals surface area contributed by atoms with Crippen LogP contribution in [0.3, 0.4) is 0 Å². The number of nitrogens with zero attached hydrogens (tertiary/aromatic N) is 1. The van der Waals surface area contributed by atoms with Crippen LogP contribution in [0.2, 0.25) is 0 Å². The van der Waals surface area contributed by atoms with Gasteiger partial charge in [-0.3, -0.25) is 4.99 Å². The van der Waals surface area contributed by atoms with Crippen LogP contribution >= 0.6 is 11.8 Å². The molecule has 0 spiro atoms. The van der Waals surface area contributed by atoms with Crippen molar-refractivity contribution in [1.82, 2.24) is 4.90 Å². The lowest BCUT2D eigenvalue weighted by atomic mass is 10.2. The molecule has 17 heavy (non-hydrogen) atoms. The smallest absolute Gasteiger partial charge is 0.264 e. The summed E-state index contributed by atoms with van der Waals surface area (Å²) in [6, 6.07) is 6.42. The van der Waals surface area contributed by atoms with Gasteiger partial charge in [0.25, 0.3) is 0 Å². The van der Waals surface area contributed by atoms with Gasteiger partial charge in [-0.1, -0.05) is 12.1 Å². The minimum Gasteiger partial charge on any atom is -0.264 e. The number of hydrogen-bond donors (Lipinski definition) is 1. The summed E-state index contributed by atoms with van der Waals surface area (Å²) in [6.45, 7) is 3.08. The van der Waals surface area contributed by atoms with Gasteiger partial charge in [0.15, 0.2) is 0 Å². The number of amides is 1. The molecule has 1 aliphatic heterocycles. The number of thioether (sulfide) groups is 1. The van der Waals surface area contributed by atoms with E-state index in [2.05, 4.69) is 4.99 Å². The predicted octanol–water partition coefficient (Wildman–Crippen LogP) is 0.358. The summed E-state index contributed by atoms with van der Waals surface area (Å²) in [5.74, 6) is 0.555. The SMILES string of the molecule is CC(=O)N1CC[NH+]=C1SCc1ccc(F)cc1. The Morgan fingerprint density at radius 2 is 2.18 bits per heavy atom. The molecular formula is C12H14FN2OS+. The molecule has 0 radical (unpaired) electrons. The van der Waals surface area contributed by atoms with Gasteiger partial charge in [-0.25, -0.2) is 9.18 Å². The van der Waals surface area contributed by atoms with E-state index in [1.54, 1.807) is 35.7 Å². The van der Waals surface area contributed by atoms with Crippen LogP contribution in [0.15, 0.2) is 24.3 Å². The third-order valence-electron chi connectivity index (χ3n) is 2.53. The fourth-order valence-electron chi connectivity index (χ4n) is 1.63. The Morgan fingerprint density at radius 3 is 2.82 bits per heavy atom. The lowest BCUT2D eigenvalue weighted by Gasteiger charge is -2.06. The molecule has 0 saturated carbocycles. The van der Waals surface area contributed by atoms with Crippen molar-refractivity contribution in [3.63, 3.8) is 0 Å². The molecular weight excluding hydrogens is 239 g/mol. The molecule has 90 valence electrons. The van der Waals surface area contributed by atoms with E-state index >= 15 is 0 Å². The first-order chi connectivity index (χ1) is 8.16.